The minimum absolute atomic E-state index is 0.0504. The summed E-state index contributed by atoms with van der Waals surface area (Å²) in [5.41, 5.74) is 1.57. The zero-order valence-corrected chi connectivity index (χ0v) is 11.2. The molecule has 0 saturated heterocycles. The van der Waals surface area contributed by atoms with Crippen molar-refractivity contribution in [3.63, 3.8) is 0 Å². The van der Waals surface area contributed by atoms with Gasteiger partial charge in [0.25, 0.3) is 0 Å². The molecule has 1 aliphatic rings. The number of carbonyl (C=O) groups is 1. The Morgan fingerprint density at radius 2 is 2.22 bits per heavy atom. The first kappa shape index (κ1) is 12.9. The van der Waals surface area contributed by atoms with E-state index in [2.05, 4.69) is 10.6 Å². The Kier molecular flexibility index (Phi) is 3.57. The van der Waals surface area contributed by atoms with E-state index < -0.39 is 0 Å². The third-order valence-corrected chi connectivity index (χ3v) is 2.76. The van der Waals surface area contributed by atoms with Crippen LogP contribution < -0.4 is 15.4 Å². The van der Waals surface area contributed by atoms with Gasteiger partial charge in [-0.2, -0.15) is 0 Å². The second-order valence-corrected chi connectivity index (χ2v) is 5.51. The minimum Gasteiger partial charge on any atom is -0.490 e. The van der Waals surface area contributed by atoms with E-state index in [0.29, 0.717) is 18.7 Å². The highest BCUT2D eigenvalue weighted by Crippen LogP contribution is 2.28. The maximum Gasteiger partial charge on any atom is 0.176 e. The van der Waals surface area contributed by atoms with Crippen molar-refractivity contribution in [1.29, 1.82) is 0 Å². The summed E-state index contributed by atoms with van der Waals surface area (Å²) in [7, 11) is 0. The van der Waals surface area contributed by atoms with E-state index in [9.17, 15) is 4.79 Å². The van der Waals surface area contributed by atoms with Crippen LogP contribution in [-0.4, -0.2) is 31.0 Å². The number of nitrogens with one attached hydrogen (secondary N) is 2. The number of hydrogen-bond donors (Lipinski definition) is 2. The number of anilines is 1. The van der Waals surface area contributed by atoms with Gasteiger partial charge in [-0.25, -0.2) is 0 Å². The standard InChI is InChI=1S/C14H20N2O2/c1-14(2,3)16-9-12(17)10-4-5-13-11(8-10)15-6-7-18-13/h4-5,8,15-16H,6-7,9H2,1-3H3. The smallest absolute Gasteiger partial charge is 0.176 e. The molecule has 0 radical (unpaired) electrons. The van der Waals surface area contributed by atoms with E-state index >= 15 is 0 Å². The fourth-order valence-electron chi connectivity index (χ4n) is 1.76. The molecule has 98 valence electrons. The van der Waals surface area contributed by atoms with Gasteiger partial charge in [-0.05, 0) is 39.0 Å². The lowest BCUT2D eigenvalue weighted by atomic mass is 10.1. The SMILES string of the molecule is CC(C)(C)NCC(=O)c1ccc2c(c1)NCCO2. The first-order chi connectivity index (χ1) is 8.46. The van der Waals surface area contributed by atoms with Crippen LogP contribution in [0.1, 0.15) is 31.1 Å². The number of Topliss-reactive ketones (excluding diaryl/α,β-unsaturated/α-hetero) is 1. The van der Waals surface area contributed by atoms with Crippen LogP contribution in [-0.2, 0) is 0 Å². The molecular weight excluding hydrogens is 228 g/mol. The largest absolute Gasteiger partial charge is 0.490 e. The molecule has 0 aliphatic carbocycles. The van der Waals surface area contributed by atoms with Gasteiger partial charge in [0.15, 0.2) is 5.78 Å². The molecule has 1 heterocycles. The third-order valence-electron chi connectivity index (χ3n) is 2.76. The number of carbonyl (C=O) groups excluding carboxylic acids is 1. The highest BCUT2D eigenvalue weighted by atomic mass is 16.5. The van der Waals surface area contributed by atoms with E-state index in [1.54, 1.807) is 0 Å². The first-order valence-corrected chi connectivity index (χ1v) is 6.25. The van der Waals surface area contributed by atoms with Gasteiger partial charge in [0.05, 0.1) is 12.2 Å². The van der Waals surface area contributed by atoms with E-state index in [1.807, 2.05) is 39.0 Å². The number of ether oxygens (including phenoxy) is 1. The lowest BCUT2D eigenvalue weighted by Gasteiger charge is -2.21. The van der Waals surface area contributed by atoms with Crippen LogP contribution in [0.5, 0.6) is 5.75 Å². The van der Waals surface area contributed by atoms with Crippen molar-refractivity contribution >= 4 is 11.5 Å². The summed E-state index contributed by atoms with van der Waals surface area (Å²) < 4.78 is 5.48. The van der Waals surface area contributed by atoms with Crippen LogP contribution >= 0.6 is 0 Å². The number of rotatable bonds is 3. The summed E-state index contributed by atoms with van der Waals surface area (Å²) in [6.45, 7) is 7.94. The van der Waals surface area contributed by atoms with Crippen molar-refractivity contribution < 1.29 is 9.53 Å². The monoisotopic (exact) mass is 248 g/mol. The second kappa shape index (κ2) is 4.98. The van der Waals surface area contributed by atoms with Gasteiger partial charge in [-0.15, -0.1) is 0 Å². The number of ketones is 1. The fraction of sp³-hybridized carbons (Fsp3) is 0.500. The van der Waals surface area contributed by atoms with Crippen LogP contribution in [0.4, 0.5) is 5.69 Å². The number of benzene rings is 1. The van der Waals surface area contributed by atoms with E-state index in [4.69, 9.17) is 4.74 Å². The molecule has 0 fully saturated rings. The Bertz CT molecular complexity index is 450. The summed E-state index contributed by atoms with van der Waals surface area (Å²) in [5, 5.41) is 6.43. The molecule has 0 bridgehead atoms. The normalized spacial score (nSPS) is 14.4. The van der Waals surface area contributed by atoms with Crippen molar-refractivity contribution in [2.24, 2.45) is 0 Å². The summed E-state index contributed by atoms with van der Waals surface area (Å²) in [6, 6.07) is 5.53. The lowest BCUT2D eigenvalue weighted by Crippen LogP contribution is -2.39. The summed E-state index contributed by atoms with van der Waals surface area (Å²) in [4.78, 5) is 12.0. The number of hydrogen-bond acceptors (Lipinski definition) is 4. The molecular formula is C14H20N2O2. The van der Waals surface area contributed by atoms with E-state index in [1.165, 1.54) is 0 Å². The molecule has 0 unspecified atom stereocenters. The molecule has 4 heteroatoms. The van der Waals surface area contributed by atoms with Crippen molar-refractivity contribution in [3.8, 4) is 5.75 Å². The van der Waals surface area contributed by atoms with Crippen molar-refractivity contribution in [2.45, 2.75) is 26.3 Å². The molecule has 0 saturated carbocycles. The molecule has 0 atom stereocenters. The highest BCUT2D eigenvalue weighted by molar-refractivity contribution is 5.98. The van der Waals surface area contributed by atoms with Crippen molar-refractivity contribution in [2.75, 3.05) is 25.0 Å². The average molecular weight is 248 g/mol. The summed E-state index contributed by atoms with van der Waals surface area (Å²) in [5.74, 6) is 0.918. The Morgan fingerprint density at radius 3 is 2.94 bits per heavy atom. The molecule has 1 aromatic carbocycles. The van der Waals surface area contributed by atoms with Gasteiger partial charge >= 0.3 is 0 Å². The molecule has 1 aliphatic heterocycles. The third kappa shape index (κ3) is 3.23. The molecule has 0 aromatic heterocycles. The quantitative estimate of drug-likeness (QED) is 0.804. The molecule has 2 rings (SSSR count). The predicted molar refractivity (Wildman–Crippen MR) is 72.5 cm³/mol. The van der Waals surface area contributed by atoms with Gasteiger partial charge in [0.1, 0.15) is 12.4 Å². The molecule has 18 heavy (non-hydrogen) atoms. The van der Waals surface area contributed by atoms with Gasteiger partial charge in [-0.1, -0.05) is 0 Å². The van der Waals surface area contributed by atoms with Crippen LogP contribution in [0.3, 0.4) is 0 Å². The zero-order chi connectivity index (χ0) is 13.2. The van der Waals surface area contributed by atoms with Crippen LogP contribution in [0.25, 0.3) is 0 Å². The Hall–Kier alpha value is -1.55. The molecule has 1 aromatic rings. The Morgan fingerprint density at radius 1 is 1.44 bits per heavy atom. The van der Waals surface area contributed by atoms with E-state index in [-0.39, 0.29) is 11.3 Å². The second-order valence-electron chi connectivity index (χ2n) is 5.51. The van der Waals surface area contributed by atoms with Crippen LogP contribution in [0, 0.1) is 0 Å². The van der Waals surface area contributed by atoms with Gasteiger partial charge in [0, 0.05) is 17.6 Å². The van der Waals surface area contributed by atoms with Gasteiger partial charge in [-0.3, -0.25) is 4.79 Å². The molecule has 0 spiro atoms. The maximum absolute atomic E-state index is 12.0. The first-order valence-electron chi connectivity index (χ1n) is 6.25. The molecule has 2 N–H and O–H groups in total. The zero-order valence-electron chi connectivity index (χ0n) is 11.2. The topological polar surface area (TPSA) is 50.4 Å². The summed E-state index contributed by atoms with van der Waals surface area (Å²) in [6.07, 6.45) is 0. The minimum atomic E-state index is -0.0504. The van der Waals surface area contributed by atoms with Gasteiger partial charge < -0.3 is 15.4 Å². The van der Waals surface area contributed by atoms with Crippen LogP contribution in [0.15, 0.2) is 18.2 Å². The van der Waals surface area contributed by atoms with Gasteiger partial charge in [0.2, 0.25) is 0 Å². The number of fused-ring (bicyclic) bond motifs is 1. The maximum atomic E-state index is 12.0. The lowest BCUT2D eigenvalue weighted by molar-refractivity contribution is 0.0982. The molecule has 0 amide bonds. The Balaban J connectivity index is 2.07. The predicted octanol–water partition coefficient (Wildman–Crippen LogP) is 2.06. The fourth-order valence-corrected chi connectivity index (χ4v) is 1.76. The highest BCUT2D eigenvalue weighted by Gasteiger charge is 2.15. The summed E-state index contributed by atoms with van der Waals surface area (Å²) >= 11 is 0. The Labute approximate surface area is 108 Å². The molecule has 4 nitrogen and oxygen atoms in total. The van der Waals surface area contributed by atoms with Crippen molar-refractivity contribution in [3.05, 3.63) is 23.8 Å². The van der Waals surface area contributed by atoms with E-state index in [0.717, 1.165) is 18.0 Å². The average Bonchev–Trinajstić information content (AvgIpc) is 2.34. The van der Waals surface area contributed by atoms with Crippen molar-refractivity contribution in [1.82, 2.24) is 5.32 Å². The van der Waals surface area contributed by atoms with Crippen LogP contribution in [0.2, 0.25) is 0 Å².